The molecule has 3 heterocycles. The molecule has 0 unspecified atom stereocenters. The Morgan fingerprint density at radius 3 is 2.70 bits per heavy atom. The lowest BCUT2D eigenvalue weighted by Crippen LogP contribution is -2.40. The highest BCUT2D eigenvalue weighted by atomic mass is 16.4. The van der Waals surface area contributed by atoms with E-state index >= 15 is 0 Å². The Kier molecular flexibility index (Phi) is 5.11. The number of rotatable bonds is 5. The largest absolute Gasteiger partial charge is 0.478 e. The highest BCUT2D eigenvalue weighted by Gasteiger charge is 2.28. The zero-order valence-electron chi connectivity index (χ0n) is 15.8. The molecule has 2 fully saturated rings. The fourth-order valence-corrected chi connectivity index (χ4v) is 4.10. The summed E-state index contributed by atoms with van der Waals surface area (Å²) in [6, 6.07) is 2.71. The third-order valence-electron chi connectivity index (χ3n) is 5.93. The molecule has 1 atom stereocenters. The number of likely N-dealkylation sites (tertiary alicyclic amines) is 1. The topological polar surface area (TPSA) is 83.3 Å². The summed E-state index contributed by atoms with van der Waals surface area (Å²) >= 11 is 0. The van der Waals surface area contributed by atoms with Crippen molar-refractivity contribution in [3.63, 3.8) is 0 Å². The van der Waals surface area contributed by atoms with E-state index in [1.54, 1.807) is 6.20 Å². The summed E-state index contributed by atoms with van der Waals surface area (Å²) < 4.78 is 2.07. The van der Waals surface area contributed by atoms with Crippen molar-refractivity contribution in [2.24, 2.45) is 0 Å². The van der Waals surface area contributed by atoms with Crippen LogP contribution in [0.5, 0.6) is 0 Å². The highest BCUT2D eigenvalue weighted by Crippen LogP contribution is 2.31. The van der Waals surface area contributed by atoms with Crippen molar-refractivity contribution in [1.82, 2.24) is 19.7 Å². The minimum Gasteiger partial charge on any atom is -0.478 e. The Hall–Kier alpha value is -2.41. The molecule has 0 spiro atoms. The first-order valence-electron chi connectivity index (χ1n) is 9.86. The van der Waals surface area contributed by atoms with Gasteiger partial charge >= 0.3 is 5.97 Å². The van der Waals surface area contributed by atoms with Crippen LogP contribution in [0.4, 0.5) is 11.4 Å². The summed E-state index contributed by atoms with van der Waals surface area (Å²) in [5, 5.41) is 17.3. The van der Waals surface area contributed by atoms with Gasteiger partial charge in [-0.25, -0.2) is 4.79 Å². The first-order chi connectivity index (χ1) is 13.1. The average molecular weight is 369 g/mol. The maximum Gasteiger partial charge on any atom is 0.337 e. The van der Waals surface area contributed by atoms with Crippen LogP contribution in [0.15, 0.2) is 24.7 Å². The Labute approximate surface area is 159 Å². The molecule has 1 saturated carbocycles. The summed E-state index contributed by atoms with van der Waals surface area (Å²) in [6.45, 7) is 4.29. The molecular formula is C20H27N5O2. The number of hydrogen-bond donors (Lipinski definition) is 2. The molecule has 144 valence electrons. The molecule has 27 heavy (non-hydrogen) atoms. The Morgan fingerprint density at radius 2 is 1.96 bits per heavy atom. The van der Waals surface area contributed by atoms with E-state index in [1.165, 1.54) is 44.5 Å². The minimum atomic E-state index is -0.968. The highest BCUT2D eigenvalue weighted by molar-refractivity contribution is 5.94. The molecule has 1 saturated heterocycles. The molecule has 0 aromatic carbocycles. The number of hydrogen-bond acceptors (Lipinski definition) is 5. The molecular weight excluding hydrogens is 342 g/mol. The van der Waals surface area contributed by atoms with Gasteiger partial charge in [-0.15, -0.1) is 0 Å². The Bertz CT molecular complexity index is 814. The normalized spacial score (nSPS) is 21.4. The zero-order chi connectivity index (χ0) is 18.8. The van der Waals surface area contributed by atoms with Crippen LogP contribution in [0, 0.1) is 6.92 Å². The number of aromatic carboxylic acids is 1. The fourth-order valence-electron chi connectivity index (χ4n) is 4.10. The number of pyridine rings is 1. The lowest BCUT2D eigenvalue weighted by Gasteiger charge is -2.36. The monoisotopic (exact) mass is 369 g/mol. The van der Waals surface area contributed by atoms with Crippen molar-refractivity contribution < 1.29 is 9.90 Å². The lowest BCUT2D eigenvalue weighted by molar-refractivity contribution is 0.0698. The second-order valence-corrected chi connectivity index (χ2v) is 7.67. The van der Waals surface area contributed by atoms with Crippen molar-refractivity contribution in [2.75, 3.05) is 18.4 Å². The number of carbonyl (C=O) groups is 1. The SMILES string of the molecule is Cc1nn([C@@H]2CCCN(C3CCC3)CC2)cc1Nc1cnccc1C(=O)O. The molecule has 2 aromatic rings. The van der Waals surface area contributed by atoms with Gasteiger partial charge in [0.05, 0.1) is 34.9 Å². The Morgan fingerprint density at radius 1 is 1.15 bits per heavy atom. The molecule has 4 rings (SSSR count). The number of aryl methyl sites for hydroxylation is 1. The van der Waals surface area contributed by atoms with E-state index in [4.69, 9.17) is 5.10 Å². The van der Waals surface area contributed by atoms with Gasteiger partial charge in [-0.3, -0.25) is 9.67 Å². The van der Waals surface area contributed by atoms with Crippen LogP contribution in [-0.2, 0) is 0 Å². The summed E-state index contributed by atoms with van der Waals surface area (Å²) in [6.07, 6.45) is 12.6. The first-order valence-corrected chi connectivity index (χ1v) is 9.86. The van der Waals surface area contributed by atoms with Crippen LogP contribution in [0.3, 0.4) is 0 Å². The maximum atomic E-state index is 11.4. The van der Waals surface area contributed by atoms with Gasteiger partial charge in [-0.1, -0.05) is 6.42 Å². The van der Waals surface area contributed by atoms with E-state index in [0.717, 1.165) is 36.8 Å². The predicted octanol–water partition coefficient (Wildman–Crippen LogP) is 3.61. The molecule has 2 N–H and O–H groups in total. The molecule has 0 bridgehead atoms. The summed E-state index contributed by atoms with van der Waals surface area (Å²) in [7, 11) is 0. The lowest BCUT2D eigenvalue weighted by atomic mass is 9.91. The molecule has 0 amide bonds. The van der Waals surface area contributed by atoms with Crippen molar-refractivity contribution >= 4 is 17.3 Å². The van der Waals surface area contributed by atoms with E-state index in [-0.39, 0.29) is 5.56 Å². The van der Waals surface area contributed by atoms with Gasteiger partial charge in [0.25, 0.3) is 0 Å². The van der Waals surface area contributed by atoms with Crippen LogP contribution in [-0.4, -0.2) is 49.9 Å². The number of aromatic nitrogens is 3. The van der Waals surface area contributed by atoms with Crippen LogP contribution in [0.2, 0.25) is 0 Å². The quantitative estimate of drug-likeness (QED) is 0.838. The van der Waals surface area contributed by atoms with E-state index in [2.05, 4.69) is 19.9 Å². The van der Waals surface area contributed by atoms with Crippen LogP contribution in [0.25, 0.3) is 0 Å². The van der Waals surface area contributed by atoms with Crippen molar-refractivity contribution in [1.29, 1.82) is 0 Å². The molecule has 1 aliphatic heterocycles. The average Bonchev–Trinajstić information content (AvgIpc) is 2.81. The summed E-state index contributed by atoms with van der Waals surface area (Å²) in [4.78, 5) is 18.1. The van der Waals surface area contributed by atoms with E-state index < -0.39 is 5.97 Å². The molecule has 1 aliphatic carbocycles. The van der Waals surface area contributed by atoms with Gasteiger partial charge in [0, 0.05) is 25.0 Å². The molecule has 7 nitrogen and oxygen atoms in total. The fraction of sp³-hybridized carbons (Fsp3) is 0.550. The predicted molar refractivity (Wildman–Crippen MR) is 104 cm³/mol. The Balaban J connectivity index is 1.47. The number of carboxylic acid groups (broad SMARTS) is 1. The second kappa shape index (κ2) is 7.68. The van der Waals surface area contributed by atoms with Gasteiger partial charge in [0.1, 0.15) is 0 Å². The molecule has 2 aliphatic rings. The summed E-state index contributed by atoms with van der Waals surface area (Å²) in [5.74, 6) is -0.968. The van der Waals surface area contributed by atoms with Crippen molar-refractivity contribution in [3.05, 3.63) is 35.9 Å². The van der Waals surface area contributed by atoms with Crippen molar-refractivity contribution in [2.45, 2.75) is 57.5 Å². The van der Waals surface area contributed by atoms with E-state index in [1.807, 2.05) is 13.1 Å². The molecule has 7 heteroatoms. The third-order valence-corrected chi connectivity index (χ3v) is 5.93. The smallest absolute Gasteiger partial charge is 0.337 e. The van der Waals surface area contributed by atoms with Crippen LogP contribution >= 0.6 is 0 Å². The van der Waals surface area contributed by atoms with Gasteiger partial charge in [-0.05, 0) is 51.6 Å². The van der Waals surface area contributed by atoms with Crippen LogP contribution in [0.1, 0.15) is 60.6 Å². The second-order valence-electron chi connectivity index (χ2n) is 7.67. The summed E-state index contributed by atoms with van der Waals surface area (Å²) in [5.41, 5.74) is 2.41. The van der Waals surface area contributed by atoms with Gasteiger partial charge < -0.3 is 15.3 Å². The van der Waals surface area contributed by atoms with E-state index in [0.29, 0.717) is 11.7 Å². The third kappa shape index (κ3) is 3.83. The molecule has 2 aromatic heterocycles. The maximum absolute atomic E-state index is 11.4. The standard InChI is InChI=1S/C20H27N5O2/c1-14-19(22-18-12-21-9-7-17(18)20(26)27)13-25(23-14)16-6-3-10-24(11-8-16)15-4-2-5-15/h7,9,12-13,15-16,22H,2-6,8,10-11H2,1H3,(H,26,27)/t16-/m1/s1. The molecule has 0 radical (unpaired) electrons. The van der Waals surface area contributed by atoms with Gasteiger partial charge in [-0.2, -0.15) is 5.10 Å². The number of carboxylic acids is 1. The van der Waals surface area contributed by atoms with Crippen LogP contribution < -0.4 is 5.32 Å². The minimum absolute atomic E-state index is 0.211. The van der Waals surface area contributed by atoms with Gasteiger partial charge in [0.2, 0.25) is 0 Å². The number of anilines is 2. The van der Waals surface area contributed by atoms with Crippen molar-refractivity contribution in [3.8, 4) is 0 Å². The van der Waals surface area contributed by atoms with E-state index in [9.17, 15) is 9.90 Å². The number of nitrogens with one attached hydrogen (secondary N) is 1. The zero-order valence-corrected chi connectivity index (χ0v) is 15.8. The first kappa shape index (κ1) is 18.0. The van der Waals surface area contributed by atoms with Gasteiger partial charge in [0.15, 0.2) is 0 Å². The number of nitrogens with zero attached hydrogens (tertiary/aromatic N) is 4.